The molecule has 63 valence electrons. The van der Waals surface area contributed by atoms with Gasteiger partial charge >= 0.3 is 0 Å². The number of hydrogen-bond acceptors (Lipinski definition) is 0. The lowest BCUT2D eigenvalue weighted by atomic mass is 10.1. The highest BCUT2D eigenvalue weighted by atomic mass is 14.0. The Bertz CT molecular complexity index is 211. The van der Waals surface area contributed by atoms with E-state index >= 15 is 0 Å². The zero-order chi connectivity index (χ0) is 8.65. The van der Waals surface area contributed by atoms with Gasteiger partial charge in [0.1, 0.15) is 0 Å². The van der Waals surface area contributed by atoms with Gasteiger partial charge in [-0.1, -0.05) is 36.4 Å². The van der Waals surface area contributed by atoms with Crippen molar-refractivity contribution < 1.29 is 0 Å². The SMILES string of the molecule is C=CC[CH]CCc1ccccc1. The lowest BCUT2D eigenvalue weighted by molar-refractivity contribution is 0.905. The predicted octanol–water partition coefficient (Wildman–Crippen LogP) is 3.40. The molecule has 1 radical (unpaired) electrons. The fourth-order valence-corrected chi connectivity index (χ4v) is 1.15. The second-order valence-electron chi connectivity index (χ2n) is 2.84. The Morgan fingerprint density at radius 1 is 1.17 bits per heavy atom. The van der Waals surface area contributed by atoms with Crippen LogP contribution in [-0.4, -0.2) is 0 Å². The normalized spacial score (nSPS) is 9.67. The van der Waals surface area contributed by atoms with E-state index in [1.165, 1.54) is 5.56 Å². The first-order valence-corrected chi connectivity index (χ1v) is 4.40. The zero-order valence-corrected chi connectivity index (χ0v) is 7.37. The smallest absolute Gasteiger partial charge is 0.0276 e. The van der Waals surface area contributed by atoms with E-state index in [1.807, 2.05) is 6.08 Å². The van der Waals surface area contributed by atoms with Crippen LogP contribution in [0.4, 0.5) is 0 Å². The highest BCUT2D eigenvalue weighted by molar-refractivity contribution is 5.14. The summed E-state index contributed by atoms with van der Waals surface area (Å²) in [5, 5.41) is 0. The molecule has 0 saturated heterocycles. The van der Waals surface area contributed by atoms with Crippen LogP contribution in [0.15, 0.2) is 43.0 Å². The summed E-state index contributed by atoms with van der Waals surface area (Å²) in [4.78, 5) is 0. The molecule has 0 fully saturated rings. The molecule has 0 aliphatic heterocycles. The molecule has 0 atom stereocenters. The third-order valence-electron chi connectivity index (χ3n) is 1.81. The lowest BCUT2D eigenvalue weighted by Crippen LogP contribution is -1.84. The Balaban J connectivity index is 2.20. The van der Waals surface area contributed by atoms with Crippen molar-refractivity contribution >= 4 is 0 Å². The number of benzene rings is 1. The lowest BCUT2D eigenvalue weighted by Gasteiger charge is -1.98. The molecule has 0 aliphatic rings. The van der Waals surface area contributed by atoms with Crippen molar-refractivity contribution in [1.29, 1.82) is 0 Å². The summed E-state index contributed by atoms with van der Waals surface area (Å²) < 4.78 is 0. The summed E-state index contributed by atoms with van der Waals surface area (Å²) in [5.74, 6) is 0. The monoisotopic (exact) mass is 159 g/mol. The molecule has 0 unspecified atom stereocenters. The second-order valence-corrected chi connectivity index (χ2v) is 2.84. The van der Waals surface area contributed by atoms with Gasteiger partial charge in [0.15, 0.2) is 0 Å². The molecule has 0 aliphatic carbocycles. The van der Waals surface area contributed by atoms with E-state index < -0.39 is 0 Å². The first-order valence-electron chi connectivity index (χ1n) is 4.40. The van der Waals surface area contributed by atoms with Crippen molar-refractivity contribution in [3.05, 3.63) is 55.0 Å². The molecule has 0 bridgehead atoms. The van der Waals surface area contributed by atoms with Crippen LogP contribution in [-0.2, 0) is 6.42 Å². The van der Waals surface area contributed by atoms with Crippen molar-refractivity contribution in [2.24, 2.45) is 0 Å². The number of rotatable bonds is 5. The van der Waals surface area contributed by atoms with E-state index in [-0.39, 0.29) is 0 Å². The van der Waals surface area contributed by atoms with Crippen molar-refractivity contribution in [3.8, 4) is 0 Å². The minimum absolute atomic E-state index is 1.02. The van der Waals surface area contributed by atoms with Gasteiger partial charge in [-0.15, -0.1) is 6.58 Å². The fourth-order valence-electron chi connectivity index (χ4n) is 1.15. The van der Waals surface area contributed by atoms with E-state index in [0.717, 1.165) is 19.3 Å². The Hall–Kier alpha value is -1.04. The average Bonchev–Trinajstić information content (AvgIpc) is 2.14. The van der Waals surface area contributed by atoms with Crippen molar-refractivity contribution in [2.45, 2.75) is 19.3 Å². The van der Waals surface area contributed by atoms with Crippen LogP contribution in [0.2, 0.25) is 0 Å². The van der Waals surface area contributed by atoms with E-state index in [4.69, 9.17) is 0 Å². The molecule has 0 saturated carbocycles. The van der Waals surface area contributed by atoms with E-state index in [1.54, 1.807) is 0 Å². The van der Waals surface area contributed by atoms with Crippen LogP contribution >= 0.6 is 0 Å². The molecule has 0 heterocycles. The Morgan fingerprint density at radius 3 is 2.58 bits per heavy atom. The summed E-state index contributed by atoms with van der Waals surface area (Å²) >= 11 is 0. The molecule has 0 amide bonds. The minimum atomic E-state index is 1.02. The van der Waals surface area contributed by atoms with Crippen LogP contribution in [0.1, 0.15) is 18.4 Å². The fraction of sp³-hybridized carbons (Fsp3) is 0.250. The third-order valence-corrected chi connectivity index (χ3v) is 1.81. The van der Waals surface area contributed by atoms with Crippen molar-refractivity contribution in [2.75, 3.05) is 0 Å². The summed E-state index contributed by atoms with van der Waals surface area (Å²) in [6, 6.07) is 10.6. The summed E-state index contributed by atoms with van der Waals surface area (Å²) in [5.41, 5.74) is 1.41. The van der Waals surface area contributed by atoms with Crippen LogP contribution in [0, 0.1) is 6.42 Å². The molecule has 0 heteroatoms. The van der Waals surface area contributed by atoms with Gasteiger partial charge in [-0.25, -0.2) is 0 Å². The van der Waals surface area contributed by atoms with Gasteiger partial charge in [0.05, 0.1) is 0 Å². The maximum absolute atomic E-state index is 3.67. The average molecular weight is 159 g/mol. The largest absolute Gasteiger partial charge is 0.103 e. The summed E-state index contributed by atoms with van der Waals surface area (Å²) in [6.07, 6.45) is 7.52. The molecule has 1 aromatic rings. The van der Waals surface area contributed by atoms with Gasteiger partial charge in [-0.05, 0) is 31.2 Å². The van der Waals surface area contributed by atoms with Crippen LogP contribution in [0.5, 0.6) is 0 Å². The van der Waals surface area contributed by atoms with Gasteiger partial charge in [-0.3, -0.25) is 0 Å². The van der Waals surface area contributed by atoms with Gasteiger partial charge in [0.2, 0.25) is 0 Å². The maximum atomic E-state index is 3.67. The third kappa shape index (κ3) is 3.38. The molecular formula is C12H15. The van der Waals surface area contributed by atoms with Crippen molar-refractivity contribution in [1.82, 2.24) is 0 Å². The zero-order valence-electron chi connectivity index (χ0n) is 7.37. The highest BCUT2D eigenvalue weighted by Gasteiger charge is 1.90. The molecule has 0 aromatic heterocycles. The molecule has 1 aromatic carbocycles. The minimum Gasteiger partial charge on any atom is -0.103 e. The summed E-state index contributed by atoms with van der Waals surface area (Å²) in [6.45, 7) is 3.67. The Labute approximate surface area is 74.9 Å². The molecule has 12 heavy (non-hydrogen) atoms. The second kappa shape index (κ2) is 5.59. The van der Waals surface area contributed by atoms with Gasteiger partial charge in [0, 0.05) is 0 Å². The molecule has 0 N–H and O–H groups in total. The van der Waals surface area contributed by atoms with E-state index in [0.29, 0.717) is 0 Å². The topological polar surface area (TPSA) is 0 Å². The number of unbranched alkanes of at least 4 members (excludes halogenated alkanes) is 2. The van der Waals surface area contributed by atoms with Crippen LogP contribution < -0.4 is 0 Å². The molecule has 0 nitrogen and oxygen atoms in total. The highest BCUT2D eigenvalue weighted by Crippen LogP contribution is 2.05. The molecule has 0 spiro atoms. The van der Waals surface area contributed by atoms with Gasteiger partial charge in [-0.2, -0.15) is 0 Å². The molecular weight excluding hydrogens is 144 g/mol. The van der Waals surface area contributed by atoms with Crippen LogP contribution in [0.25, 0.3) is 0 Å². The number of allylic oxidation sites excluding steroid dienone is 1. The predicted molar refractivity (Wildman–Crippen MR) is 53.9 cm³/mol. The maximum Gasteiger partial charge on any atom is -0.0276 e. The first kappa shape index (κ1) is 9.05. The number of aryl methyl sites for hydroxylation is 1. The van der Waals surface area contributed by atoms with E-state index in [9.17, 15) is 0 Å². The standard InChI is InChI=1S/C12H15/c1-2-3-4-6-9-12-10-7-5-8-11-12/h2,4-5,7-8,10-11H,1,3,6,9H2. The quantitative estimate of drug-likeness (QED) is 0.456. The Kier molecular flexibility index (Phi) is 4.22. The van der Waals surface area contributed by atoms with E-state index in [2.05, 4.69) is 43.3 Å². The molecule has 1 rings (SSSR count). The number of hydrogen-bond donors (Lipinski definition) is 0. The van der Waals surface area contributed by atoms with Gasteiger partial charge < -0.3 is 0 Å². The van der Waals surface area contributed by atoms with Gasteiger partial charge in [0.25, 0.3) is 0 Å². The van der Waals surface area contributed by atoms with Crippen molar-refractivity contribution in [3.63, 3.8) is 0 Å². The Morgan fingerprint density at radius 2 is 1.92 bits per heavy atom. The summed E-state index contributed by atoms with van der Waals surface area (Å²) in [7, 11) is 0. The first-order chi connectivity index (χ1) is 5.93. The van der Waals surface area contributed by atoms with Crippen LogP contribution in [0.3, 0.4) is 0 Å².